The van der Waals surface area contributed by atoms with E-state index in [9.17, 15) is 9.59 Å². The third kappa shape index (κ3) is 5.86. The molecule has 8 heteroatoms. The Morgan fingerprint density at radius 1 is 1.07 bits per heavy atom. The van der Waals surface area contributed by atoms with Gasteiger partial charge in [-0.1, -0.05) is 37.6 Å². The summed E-state index contributed by atoms with van der Waals surface area (Å²) >= 11 is 6.08. The van der Waals surface area contributed by atoms with Crippen molar-refractivity contribution in [2.75, 3.05) is 39.8 Å². The van der Waals surface area contributed by atoms with E-state index >= 15 is 0 Å². The first-order chi connectivity index (χ1) is 19.2. The minimum atomic E-state index is -1.04. The highest BCUT2D eigenvalue weighted by Gasteiger charge is 2.47. The van der Waals surface area contributed by atoms with Gasteiger partial charge in [0.25, 0.3) is 5.91 Å². The van der Waals surface area contributed by atoms with Crippen molar-refractivity contribution in [2.24, 2.45) is 11.8 Å². The summed E-state index contributed by atoms with van der Waals surface area (Å²) in [5.74, 6) is 1.89. The molecule has 2 aromatic carbocycles. The number of halogens is 1. The van der Waals surface area contributed by atoms with E-state index in [1.54, 1.807) is 12.0 Å². The molecule has 0 saturated carbocycles. The van der Waals surface area contributed by atoms with Crippen molar-refractivity contribution in [3.05, 3.63) is 64.8 Å². The van der Waals surface area contributed by atoms with Crippen LogP contribution in [0, 0.1) is 11.8 Å². The highest BCUT2D eigenvalue weighted by Crippen LogP contribution is 2.34. The number of nitrogens with one attached hydrogen (secondary N) is 1. The number of aromatic nitrogens is 1. The van der Waals surface area contributed by atoms with Crippen LogP contribution in [-0.2, 0) is 17.8 Å². The third-order valence-electron chi connectivity index (χ3n) is 8.55. The molecule has 3 heterocycles. The topological polar surface area (TPSA) is 66.8 Å². The van der Waals surface area contributed by atoms with Crippen LogP contribution in [-0.4, -0.2) is 71.6 Å². The van der Waals surface area contributed by atoms with Gasteiger partial charge in [-0.2, -0.15) is 0 Å². The van der Waals surface area contributed by atoms with E-state index < -0.39 is 5.54 Å². The van der Waals surface area contributed by atoms with Crippen LogP contribution in [0.2, 0.25) is 5.02 Å². The van der Waals surface area contributed by atoms with Crippen molar-refractivity contribution >= 4 is 34.3 Å². The van der Waals surface area contributed by atoms with Crippen LogP contribution in [0.3, 0.4) is 0 Å². The molecule has 3 aromatic rings. The maximum absolute atomic E-state index is 14.0. The van der Waals surface area contributed by atoms with E-state index in [-0.39, 0.29) is 11.8 Å². The number of benzene rings is 2. The van der Waals surface area contributed by atoms with Crippen LogP contribution in [0.5, 0.6) is 5.75 Å². The van der Waals surface area contributed by atoms with Crippen molar-refractivity contribution in [1.29, 1.82) is 0 Å². The summed E-state index contributed by atoms with van der Waals surface area (Å²) in [5, 5.41) is 4.82. The number of hydrogen-bond acceptors (Lipinski definition) is 4. The number of ether oxygens (including phenoxy) is 1. The number of carbonyl (C=O) groups is 2. The fourth-order valence-electron chi connectivity index (χ4n) is 6.57. The number of rotatable bonds is 9. The minimum Gasteiger partial charge on any atom is -0.497 e. The van der Waals surface area contributed by atoms with E-state index in [4.69, 9.17) is 16.3 Å². The van der Waals surface area contributed by atoms with Gasteiger partial charge in [-0.3, -0.25) is 9.59 Å². The number of piperidine rings is 1. The van der Waals surface area contributed by atoms with Crippen LogP contribution in [0.15, 0.2) is 48.5 Å². The number of methoxy groups -OCH3 is 1. The second-order valence-electron chi connectivity index (χ2n) is 12.0. The Labute approximate surface area is 242 Å². The Bertz CT molecular complexity index is 1360. The molecule has 2 amide bonds. The summed E-state index contributed by atoms with van der Waals surface area (Å²) in [7, 11) is 1.63. The monoisotopic (exact) mass is 564 g/mol. The molecule has 2 aliphatic rings. The number of carbonyl (C=O) groups excluding carboxylic acids is 2. The normalized spacial score (nSPS) is 23.3. The zero-order valence-electron chi connectivity index (χ0n) is 24.1. The molecular weight excluding hydrogens is 524 g/mol. The first kappa shape index (κ1) is 28.5. The number of fused-ring (bicyclic) bond motifs is 3. The van der Waals surface area contributed by atoms with Gasteiger partial charge in [0.1, 0.15) is 17.0 Å². The SMILES string of the molecule is COc1ccc2cc3n(c2c1)CC(C)(C(=O)NCCCN1CC(C)CC(C)C1)N(CCc1ccc(Cl)cc1)C3=O. The largest absolute Gasteiger partial charge is 0.497 e. The zero-order chi connectivity index (χ0) is 28.4. The highest BCUT2D eigenvalue weighted by molar-refractivity contribution is 6.30. The Balaban J connectivity index is 1.35. The molecular formula is C32H41ClN4O3. The lowest BCUT2D eigenvalue weighted by Crippen LogP contribution is -2.64. The standard InChI is InChI=1S/C32H41ClN4O3/c1-22-16-23(2)20-35(19-22)14-5-13-34-31(39)32(3)21-36-28-18-27(40-4)11-8-25(28)17-29(36)30(38)37(32)15-12-24-6-9-26(33)10-7-24/h6-11,17-18,22-23H,5,12-16,19-21H2,1-4H3,(H,34,39). The fraction of sp³-hybridized carbons (Fsp3) is 0.500. The molecule has 1 N–H and O–H groups in total. The summed E-state index contributed by atoms with van der Waals surface area (Å²) in [6.07, 6.45) is 2.80. The molecule has 1 fully saturated rings. The predicted molar refractivity (Wildman–Crippen MR) is 160 cm³/mol. The maximum Gasteiger partial charge on any atom is 0.271 e. The van der Waals surface area contributed by atoms with Gasteiger partial charge in [-0.15, -0.1) is 0 Å². The van der Waals surface area contributed by atoms with Gasteiger partial charge in [-0.05, 0) is 80.5 Å². The molecule has 1 aromatic heterocycles. The minimum absolute atomic E-state index is 0.118. The molecule has 3 unspecified atom stereocenters. The van der Waals surface area contributed by atoms with Crippen LogP contribution in [0.25, 0.3) is 10.9 Å². The smallest absolute Gasteiger partial charge is 0.271 e. The lowest BCUT2D eigenvalue weighted by molar-refractivity contribution is -0.132. The summed E-state index contributed by atoms with van der Waals surface area (Å²) in [6.45, 7) is 11.1. The molecule has 214 valence electrons. The number of hydrogen-bond donors (Lipinski definition) is 1. The molecule has 0 aliphatic carbocycles. The van der Waals surface area contributed by atoms with E-state index in [1.807, 2.05) is 60.0 Å². The lowest BCUT2D eigenvalue weighted by atomic mass is 9.92. The second-order valence-corrected chi connectivity index (χ2v) is 12.4. The van der Waals surface area contributed by atoms with Crippen molar-refractivity contribution in [3.63, 3.8) is 0 Å². The number of likely N-dealkylation sites (tertiary alicyclic amines) is 1. The molecule has 3 atom stereocenters. The first-order valence-corrected chi connectivity index (χ1v) is 14.8. The summed E-state index contributed by atoms with van der Waals surface area (Å²) < 4.78 is 7.43. The molecule has 0 radical (unpaired) electrons. The summed E-state index contributed by atoms with van der Waals surface area (Å²) in [6, 6.07) is 15.4. The molecule has 0 bridgehead atoms. The Morgan fingerprint density at radius 2 is 1.80 bits per heavy atom. The van der Waals surface area contributed by atoms with E-state index in [0.717, 1.165) is 48.3 Å². The van der Waals surface area contributed by atoms with Crippen LogP contribution >= 0.6 is 11.6 Å². The fourth-order valence-corrected chi connectivity index (χ4v) is 6.69. The lowest BCUT2D eigenvalue weighted by Gasteiger charge is -2.44. The van der Waals surface area contributed by atoms with Gasteiger partial charge >= 0.3 is 0 Å². The van der Waals surface area contributed by atoms with Crippen LogP contribution in [0.1, 0.15) is 49.7 Å². The Kier molecular flexibility index (Phi) is 8.43. The van der Waals surface area contributed by atoms with Crippen molar-refractivity contribution in [3.8, 4) is 5.75 Å². The van der Waals surface area contributed by atoms with E-state index in [0.29, 0.717) is 48.6 Å². The van der Waals surface area contributed by atoms with Gasteiger partial charge < -0.3 is 24.4 Å². The average Bonchev–Trinajstić information content (AvgIpc) is 3.28. The third-order valence-corrected chi connectivity index (χ3v) is 8.80. The summed E-state index contributed by atoms with van der Waals surface area (Å²) in [5.41, 5.74) is 1.52. The maximum atomic E-state index is 14.0. The van der Waals surface area contributed by atoms with Crippen molar-refractivity contribution in [1.82, 2.24) is 19.7 Å². The molecule has 40 heavy (non-hydrogen) atoms. The molecule has 5 rings (SSSR count). The number of amides is 2. The molecule has 7 nitrogen and oxygen atoms in total. The highest BCUT2D eigenvalue weighted by atomic mass is 35.5. The molecule has 1 saturated heterocycles. The first-order valence-electron chi connectivity index (χ1n) is 14.4. The van der Waals surface area contributed by atoms with Gasteiger partial charge in [0.15, 0.2) is 0 Å². The van der Waals surface area contributed by atoms with Crippen LogP contribution in [0.4, 0.5) is 0 Å². The van der Waals surface area contributed by atoms with E-state index in [1.165, 1.54) is 6.42 Å². The Morgan fingerprint density at radius 3 is 2.50 bits per heavy atom. The quantitative estimate of drug-likeness (QED) is 0.361. The van der Waals surface area contributed by atoms with Gasteiger partial charge in [0.05, 0.1) is 19.2 Å². The van der Waals surface area contributed by atoms with Crippen molar-refractivity contribution in [2.45, 2.75) is 52.1 Å². The Hall–Kier alpha value is -3.03. The molecule has 0 spiro atoms. The number of nitrogens with zero attached hydrogens (tertiary/aromatic N) is 3. The van der Waals surface area contributed by atoms with E-state index in [2.05, 4.69) is 24.1 Å². The molecule has 2 aliphatic heterocycles. The van der Waals surface area contributed by atoms with Gasteiger partial charge in [0, 0.05) is 42.7 Å². The predicted octanol–water partition coefficient (Wildman–Crippen LogP) is 5.24. The van der Waals surface area contributed by atoms with Gasteiger partial charge in [0.2, 0.25) is 5.91 Å². The summed E-state index contributed by atoms with van der Waals surface area (Å²) in [4.78, 5) is 32.2. The van der Waals surface area contributed by atoms with Gasteiger partial charge in [-0.25, -0.2) is 0 Å². The van der Waals surface area contributed by atoms with Crippen molar-refractivity contribution < 1.29 is 14.3 Å². The second kappa shape index (κ2) is 11.8. The van der Waals surface area contributed by atoms with Crippen LogP contribution < -0.4 is 10.1 Å². The zero-order valence-corrected chi connectivity index (χ0v) is 24.8. The average molecular weight is 565 g/mol.